The first kappa shape index (κ1) is 24.2. The van der Waals surface area contributed by atoms with Crippen molar-refractivity contribution in [1.82, 2.24) is 15.0 Å². The van der Waals surface area contributed by atoms with Gasteiger partial charge < -0.3 is 24.0 Å². The highest BCUT2D eigenvalue weighted by atomic mass is 35.5. The summed E-state index contributed by atoms with van der Waals surface area (Å²) in [6, 6.07) is 15.3. The molecule has 2 aliphatic rings. The number of benzene rings is 2. The van der Waals surface area contributed by atoms with Crippen molar-refractivity contribution in [3.8, 4) is 5.75 Å². The number of para-hydroxylation sites is 1. The Labute approximate surface area is 214 Å². The van der Waals surface area contributed by atoms with Gasteiger partial charge in [-0.05, 0) is 18.2 Å². The molecule has 2 aromatic carbocycles. The molecule has 10 nitrogen and oxygen atoms in total. The third-order valence-electron chi connectivity index (χ3n) is 5.83. The quantitative estimate of drug-likeness (QED) is 0.362. The number of rotatable bonds is 8. The number of nitrogens with one attached hydrogen (secondary N) is 1. The van der Waals surface area contributed by atoms with E-state index in [1.165, 1.54) is 0 Å². The molecule has 1 N–H and O–H groups in total. The fourth-order valence-electron chi connectivity index (χ4n) is 3.86. The van der Waals surface area contributed by atoms with E-state index in [1.807, 2.05) is 48.5 Å². The first-order valence-electron chi connectivity index (χ1n) is 11.9. The molecule has 0 amide bonds. The zero-order chi connectivity index (χ0) is 24.6. The van der Waals surface area contributed by atoms with Crippen LogP contribution in [-0.2, 0) is 16.1 Å². The van der Waals surface area contributed by atoms with Crippen LogP contribution >= 0.6 is 11.6 Å². The van der Waals surface area contributed by atoms with Crippen molar-refractivity contribution in [3.05, 3.63) is 64.7 Å². The van der Waals surface area contributed by atoms with Crippen LogP contribution in [0.25, 0.3) is 0 Å². The summed E-state index contributed by atoms with van der Waals surface area (Å²) in [4.78, 5) is 18.1. The summed E-state index contributed by atoms with van der Waals surface area (Å²) in [5.74, 6) is 2.28. The Kier molecular flexibility index (Phi) is 8.06. The van der Waals surface area contributed by atoms with Crippen molar-refractivity contribution in [2.24, 2.45) is 5.10 Å². The molecule has 3 heterocycles. The van der Waals surface area contributed by atoms with Crippen LogP contribution in [0.2, 0.25) is 5.02 Å². The van der Waals surface area contributed by atoms with Crippen LogP contribution in [0.4, 0.5) is 17.8 Å². The first-order chi connectivity index (χ1) is 17.8. The van der Waals surface area contributed by atoms with Gasteiger partial charge in [0.2, 0.25) is 17.8 Å². The highest BCUT2D eigenvalue weighted by Crippen LogP contribution is 2.22. The number of ether oxygens (including phenoxy) is 3. The third kappa shape index (κ3) is 6.20. The first-order valence-corrected chi connectivity index (χ1v) is 12.3. The van der Waals surface area contributed by atoms with Crippen molar-refractivity contribution in [1.29, 1.82) is 0 Å². The molecular formula is C25H28ClN7O3. The van der Waals surface area contributed by atoms with Gasteiger partial charge in [-0.3, -0.25) is 0 Å². The summed E-state index contributed by atoms with van der Waals surface area (Å²) >= 11 is 6.26. The monoisotopic (exact) mass is 509 g/mol. The predicted octanol–water partition coefficient (Wildman–Crippen LogP) is 3.22. The van der Waals surface area contributed by atoms with E-state index >= 15 is 0 Å². The molecule has 3 aromatic rings. The Hall–Kier alpha value is -3.47. The maximum atomic E-state index is 6.26. The van der Waals surface area contributed by atoms with Crippen molar-refractivity contribution in [2.75, 3.05) is 67.8 Å². The minimum absolute atomic E-state index is 0.358. The Morgan fingerprint density at radius 2 is 1.47 bits per heavy atom. The molecule has 0 bridgehead atoms. The summed E-state index contributed by atoms with van der Waals surface area (Å²) in [6.45, 7) is 5.84. The van der Waals surface area contributed by atoms with Crippen LogP contribution in [0.1, 0.15) is 11.1 Å². The van der Waals surface area contributed by atoms with Crippen molar-refractivity contribution >= 4 is 35.7 Å². The van der Waals surface area contributed by atoms with Crippen LogP contribution < -0.4 is 20.0 Å². The standard InChI is InChI=1S/C25H28ClN7O3/c26-21-7-3-1-6-20(21)18-36-22-8-4-2-5-19(22)17-27-31-23-28-24(32-9-13-34-14-10-32)30-25(29-23)33-11-15-35-16-12-33/h1-8,17H,9-16,18H2,(H,28,29,30,31). The molecule has 0 atom stereocenters. The number of nitrogens with zero attached hydrogens (tertiary/aromatic N) is 6. The van der Waals surface area contributed by atoms with Gasteiger partial charge in [0.25, 0.3) is 0 Å². The molecule has 0 saturated carbocycles. The summed E-state index contributed by atoms with van der Waals surface area (Å²) in [7, 11) is 0. The van der Waals surface area contributed by atoms with Gasteiger partial charge in [0.1, 0.15) is 12.4 Å². The van der Waals surface area contributed by atoms with Crippen LogP contribution in [0.15, 0.2) is 53.6 Å². The molecule has 0 unspecified atom stereocenters. The Bertz CT molecular complexity index is 1150. The summed E-state index contributed by atoms with van der Waals surface area (Å²) in [5.41, 5.74) is 4.71. The maximum absolute atomic E-state index is 6.26. The number of halogens is 1. The number of hydrogen-bond acceptors (Lipinski definition) is 10. The van der Waals surface area contributed by atoms with Gasteiger partial charge in [0, 0.05) is 42.3 Å². The fraction of sp³-hybridized carbons (Fsp3) is 0.360. The lowest BCUT2D eigenvalue weighted by Crippen LogP contribution is -2.40. The van der Waals surface area contributed by atoms with E-state index in [-0.39, 0.29) is 0 Å². The van der Waals surface area contributed by atoms with Crippen LogP contribution in [0.3, 0.4) is 0 Å². The van der Waals surface area contributed by atoms with E-state index in [4.69, 9.17) is 30.8 Å². The Balaban J connectivity index is 1.32. The molecule has 36 heavy (non-hydrogen) atoms. The second-order valence-corrected chi connectivity index (χ2v) is 8.65. The number of aromatic nitrogens is 3. The molecule has 2 aliphatic heterocycles. The van der Waals surface area contributed by atoms with E-state index < -0.39 is 0 Å². The molecule has 0 spiro atoms. The van der Waals surface area contributed by atoms with Crippen LogP contribution in [0.5, 0.6) is 5.75 Å². The van der Waals surface area contributed by atoms with Crippen LogP contribution in [-0.4, -0.2) is 73.8 Å². The van der Waals surface area contributed by atoms with E-state index in [2.05, 4.69) is 30.3 Å². The van der Waals surface area contributed by atoms with E-state index in [9.17, 15) is 0 Å². The maximum Gasteiger partial charge on any atom is 0.250 e. The zero-order valence-corrected chi connectivity index (χ0v) is 20.6. The molecule has 5 rings (SSSR count). The lowest BCUT2D eigenvalue weighted by Gasteiger charge is -2.30. The summed E-state index contributed by atoms with van der Waals surface area (Å²) in [6.07, 6.45) is 1.69. The smallest absolute Gasteiger partial charge is 0.250 e. The van der Waals surface area contributed by atoms with E-state index in [0.29, 0.717) is 61.7 Å². The molecule has 0 aliphatic carbocycles. The molecular weight excluding hydrogens is 482 g/mol. The van der Waals surface area contributed by atoms with Gasteiger partial charge >= 0.3 is 0 Å². The Morgan fingerprint density at radius 3 is 2.14 bits per heavy atom. The predicted molar refractivity (Wildman–Crippen MR) is 139 cm³/mol. The minimum Gasteiger partial charge on any atom is -0.488 e. The molecule has 188 valence electrons. The molecule has 1 aromatic heterocycles. The van der Waals surface area contributed by atoms with Gasteiger partial charge in [-0.25, -0.2) is 5.43 Å². The normalized spacial score (nSPS) is 16.4. The van der Waals surface area contributed by atoms with Crippen LogP contribution in [0, 0.1) is 0 Å². The number of anilines is 3. The van der Waals surface area contributed by atoms with Crippen molar-refractivity contribution in [2.45, 2.75) is 6.61 Å². The molecule has 2 fully saturated rings. The zero-order valence-electron chi connectivity index (χ0n) is 19.8. The number of morpholine rings is 2. The second-order valence-electron chi connectivity index (χ2n) is 8.25. The number of hydrogen-bond donors (Lipinski definition) is 1. The lowest BCUT2D eigenvalue weighted by molar-refractivity contribution is 0.121. The summed E-state index contributed by atoms with van der Waals surface area (Å²) < 4.78 is 17.0. The highest BCUT2D eigenvalue weighted by molar-refractivity contribution is 6.31. The second kappa shape index (κ2) is 12.0. The minimum atomic E-state index is 0.358. The fourth-order valence-corrected chi connectivity index (χ4v) is 4.05. The van der Waals surface area contributed by atoms with Gasteiger partial charge in [0.15, 0.2) is 0 Å². The SMILES string of the molecule is Clc1ccccc1COc1ccccc1C=NNc1nc(N2CCOCC2)nc(N2CCOCC2)n1. The topological polar surface area (TPSA) is 97.2 Å². The van der Waals surface area contributed by atoms with Gasteiger partial charge in [-0.15, -0.1) is 0 Å². The van der Waals surface area contributed by atoms with Crippen molar-refractivity contribution < 1.29 is 14.2 Å². The highest BCUT2D eigenvalue weighted by Gasteiger charge is 2.20. The van der Waals surface area contributed by atoms with E-state index in [0.717, 1.165) is 37.3 Å². The van der Waals surface area contributed by atoms with Gasteiger partial charge in [0.05, 0.1) is 32.6 Å². The molecule has 0 radical (unpaired) electrons. The van der Waals surface area contributed by atoms with Gasteiger partial charge in [-0.1, -0.05) is 41.9 Å². The Morgan fingerprint density at radius 1 is 0.861 bits per heavy atom. The average Bonchev–Trinajstić information content (AvgIpc) is 2.94. The van der Waals surface area contributed by atoms with Gasteiger partial charge in [-0.2, -0.15) is 20.1 Å². The molecule has 2 saturated heterocycles. The lowest BCUT2D eigenvalue weighted by atomic mass is 10.2. The largest absolute Gasteiger partial charge is 0.488 e. The number of hydrazone groups is 1. The van der Waals surface area contributed by atoms with E-state index in [1.54, 1.807) is 6.21 Å². The average molecular weight is 510 g/mol. The van der Waals surface area contributed by atoms with Crippen molar-refractivity contribution in [3.63, 3.8) is 0 Å². The third-order valence-corrected chi connectivity index (χ3v) is 6.20. The summed E-state index contributed by atoms with van der Waals surface area (Å²) in [5, 5.41) is 5.07. The molecule has 11 heteroatoms.